The number of benzene rings is 3. The summed E-state index contributed by atoms with van der Waals surface area (Å²) in [6.45, 7) is 3.31. The maximum absolute atomic E-state index is 13.3. The van der Waals surface area contributed by atoms with E-state index in [1.54, 1.807) is 32.0 Å². The van der Waals surface area contributed by atoms with Crippen LogP contribution in [0.15, 0.2) is 90.1 Å². The summed E-state index contributed by atoms with van der Waals surface area (Å²) in [5, 5.41) is 3.76. The van der Waals surface area contributed by atoms with Gasteiger partial charge in [0.15, 0.2) is 0 Å². The van der Waals surface area contributed by atoms with E-state index in [1.807, 2.05) is 60.7 Å². The number of nitrogens with one attached hydrogen (secondary N) is 1. The summed E-state index contributed by atoms with van der Waals surface area (Å²) in [5.41, 5.74) is 3.20. The minimum Gasteiger partial charge on any atom is -0.463 e. The Labute approximate surface area is 232 Å². The SMILES string of the molecule is CCOC(=O)C1=C(C)N(CC(=O)NC(c2ccccc2)c2ccccc2)C(=O)C[C@H]1c1ccc(Cl)c(Cl)c1. The van der Waals surface area contributed by atoms with Crippen molar-refractivity contribution in [2.45, 2.75) is 32.2 Å². The number of esters is 1. The molecule has 0 saturated carbocycles. The predicted molar refractivity (Wildman–Crippen MR) is 148 cm³/mol. The molecule has 2 amide bonds. The molecule has 3 aromatic carbocycles. The highest BCUT2D eigenvalue weighted by Gasteiger charge is 2.38. The third kappa shape index (κ3) is 6.09. The van der Waals surface area contributed by atoms with Crippen LogP contribution in [0.1, 0.15) is 48.9 Å². The van der Waals surface area contributed by atoms with Gasteiger partial charge in [-0.2, -0.15) is 0 Å². The molecule has 1 heterocycles. The van der Waals surface area contributed by atoms with Gasteiger partial charge in [-0.1, -0.05) is 89.9 Å². The first-order chi connectivity index (χ1) is 18.3. The standard InChI is InChI=1S/C30H28Cl2N2O4/c1-3-38-30(37)28-19(2)34(27(36)17-23(28)22-14-15-24(31)25(32)16-22)18-26(35)33-29(20-10-6-4-7-11-20)21-12-8-5-9-13-21/h4-16,23,29H,3,17-18H2,1-2H3,(H,33,35)/t23-/m0/s1. The molecular weight excluding hydrogens is 523 g/mol. The van der Waals surface area contributed by atoms with E-state index in [0.29, 0.717) is 26.9 Å². The summed E-state index contributed by atoms with van der Waals surface area (Å²) in [6, 6.07) is 23.9. The summed E-state index contributed by atoms with van der Waals surface area (Å²) < 4.78 is 5.33. The van der Waals surface area contributed by atoms with Crippen molar-refractivity contribution in [3.8, 4) is 0 Å². The van der Waals surface area contributed by atoms with E-state index in [0.717, 1.165) is 11.1 Å². The van der Waals surface area contributed by atoms with Crippen LogP contribution >= 0.6 is 23.2 Å². The number of carbonyl (C=O) groups excluding carboxylic acids is 3. The summed E-state index contributed by atoms with van der Waals surface area (Å²) in [6.07, 6.45) is -0.0163. The van der Waals surface area contributed by atoms with E-state index >= 15 is 0 Å². The fraction of sp³-hybridized carbons (Fsp3) is 0.233. The zero-order chi connectivity index (χ0) is 27.2. The minimum absolute atomic E-state index is 0.0163. The van der Waals surface area contributed by atoms with Gasteiger partial charge in [-0.05, 0) is 42.7 Å². The zero-order valence-corrected chi connectivity index (χ0v) is 22.6. The van der Waals surface area contributed by atoms with Crippen molar-refractivity contribution in [1.29, 1.82) is 0 Å². The van der Waals surface area contributed by atoms with Crippen LogP contribution in [0.2, 0.25) is 10.0 Å². The van der Waals surface area contributed by atoms with Gasteiger partial charge in [0.05, 0.1) is 28.3 Å². The van der Waals surface area contributed by atoms with Crippen molar-refractivity contribution in [1.82, 2.24) is 10.2 Å². The molecule has 6 nitrogen and oxygen atoms in total. The van der Waals surface area contributed by atoms with Gasteiger partial charge < -0.3 is 15.0 Å². The van der Waals surface area contributed by atoms with Gasteiger partial charge in [0.25, 0.3) is 0 Å². The normalized spacial score (nSPS) is 15.6. The van der Waals surface area contributed by atoms with Crippen molar-refractivity contribution in [3.63, 3.8) is 0 Å². The molecule has 0 bridgehead atoms. The van der Waals surface area contributed by atoms with Gasteiger partial charge in [0.1, 0.15) is 6.54 Å². The smallest absolute Gasteiger partial charge is 0.336 e. The predicted octanol–water partition coefficient (Wildman–Crippen LogP) is 6.05. The molecule has 8 heteroatoms. The average molecular weight is 551 g/mol. The van der Waals surface area contributed by atoms with Crippen LogP contribution in [0.5, 0.6) is 0 Å². The molecule has 1 aliphatic rings. The van der Waals surface area contributed by atoms with E-state index < -0.39 is 17.9 Å². The van der Waals surface area contributed by atoms with Crippen LogP contribution in [0.25, 0.3) is 0 Å². The fourth-order valence-corrected chi connectivity index (χ4v) is 5.00. The van der Waals surface area contributed by atoms with Crippen LogP contribution in [0.4, 0.5) is 0 Å². The number of amides is 2. The van der Waals surface area contributed by atoms with E-state index in [-0.39, 0.29) is 31.4 Å². The highest BCUT2D eigenvalue weighted by molar-refractivity contribution is 6.42. The van der Waals surface area contributed by atoms with Gasteiger partial charge in [-0.3, -0.25) is 9.59 Å². The van der Waals surface area contributed by atoms with Crippen molar-refractivity contribution in [2.75, 3.05) is 13.2 Å². The van der Waals surface area contributed by atoms with Crippen LogP contribution in [-0.4, -0.2) is 35.8 Å². The van der Waals surface area contributed by atoms with E-state index in [2.05, 4.69) is 5.32 Å². The number of carbonyl (C=O) groups is 3. The molecule has 0 spiro atoms. The monoisotopic (exact) mass is 550 g/mol. The lowest BCUT2D eigenvalue weighted by Crippen LogP contribution is -2.45. The molecule has 1 aliphatic heterocycles. The Morgan fingerprint density at radius 3 is 2.13 bits per heavy atom. The van der Waals surface area contributed by atoms with Gasteiger partial charge in [0, 0.05) is 18.0 Å². The largest absolute Gasteiger partial charge is 0.463 e. The maximum atomic E-state index is 13.3. The quantitative estimate of drug-likeness (QED) is 0.346. The molecule has 0 radical (unpaired) electrons. The number of hydrogen-bond acceptors (Lipinski definition) is 4. The Morgan fingerprint density at radius 2 is 1.58 bits per heavy atom. The van der Waals surface area contributed by atoms with Gasteiger partial charge in [0.2, 0.25) is 11.8 Å². The molecular formula is C30H28Cl2N2O4. The molecule has 0 fully saturated rings. The lowest BCUT2D eigenvalue weighted by Gasteiger charge is -2.34. The number of allylic oxidation sites excluding steroid dienone is 1. The molecule has 0 aromatic heterocycles. The molecule has 38 heavy (non-hydrogen) atoms. The molecule has 4 rings (SSSR count). The first kappa shape index (κ1) is 27.4. The second kappa shape index (κ2) is 12.3. The van der Waals surface area contributed by atoms with Crippen LogP contribution in [-0.2, 0) is 19.1 Å². The highest BCUT2D eigenvalue weighted by Crippen LogP contribution is 2.39. The lowest BCUT2D eigenvalue weighted by molar-refractivity contribution is -0.141. The van der Waals surface area contributed by atoms with Crippen molar-refractivity contribution >= 4 is 41.0 Å². The second-order valence-electron chi connectivity index (χ2n) is 8.95. The first-order valence-corrected chi connectivity index (χ1v) is 13.1. The van der Waals surface area contributed by atoms with Crippen molar-refractivity contribution in [3.05, 3.63) is 117 Å². The van der Waals surface area contributed by atoms with Crippen molar-refractivity contribution in [2.24, 2.45) is 0 Å². The highest BCUT2D eigenvalue weighted by atomic mass is 35.5. The number of hydrogen-bond donors (Lipinski definition) is 1. The second-order valence-corrected chi connectivity index (χ2v) is 9.77. The Bertz CT molecular complexity index is 1320. The van der Waals surface area contributed by atoms with Crippen molar-refractivity contribution < 1.29 is 19.1 Å². The Morgan fingerprint density at radius 1 is 0.974 bits per heavy atom. The van der Waals surface area contributed by atoms with Gasteiger partial charge in [-0.25, -0.2) is 4.79 Å². The Hall–Kier alpha value is -3.61. The first-order valence-electron chi connectivity index (χ1n) is 12.3. The molecule has 0 saturated heterocycles. The number of ether oxygens (including phenoxy) is 1. The van der Waals surface area contributed by atoms with Crippen LogP contribution in [0.3, 0.4) is 0 Å². The Kier molecular flexibility index (Phi) is 8.87. The Balaban J connectivity index is 1.64. The van der Waals surface area contributed by atoms with E-state index in [1.165, 1.54) is 4.90 Å². The number of halogens is 2. The third-order valence-electron chi connectivity index (χ3n) is 6.54. The molecule has 196 valence electrons. The summed E-state index contributed by atoms with van der Waals surface area (Å²) in [5.74, 6) is -1.74. The third-order valence-corrected chi connectivity index (χ3v) is 7.28. The summed E-state index contributed by atoms with van der Waals surface area (Å²) in [7, 11) is 0. The minimum atomic E-state index is -0.572. The molecule has 0 unspecified atom stereocenters. The number of nitrogens with zero attached hydrogens (tertiary/aromatic N) is 1. The summed E-state index contributed by atoms with van der Waals surface area (Å²) >= 11 is 12.3. The van der Waals surface area contributed by atoms with E-state index in [4.69, 9.17) is 27.9 Å². The topological polar surface area (TPSA) is 75.7 Å². The molecule has 1 atom stereocenters. The molecule has 3 aromatic rings. The van der Waals surface area contributed by atoms with Gasteiger partial charge in [-0.15, -0.1) is 0 Å². The zero-order valence-electron chi connectivity index (χ0n) is 21.1. The maximum Gasteiger partial charge on any atom is 0.336 e. The molecule has 0 aliphatic carbocycles. The lowest BCUT2D eigenvalue weighted by atomic mass is 9.83. The molecule has 1 N–H and O–H groups in total. The van der Waals surface area contributed by atoms with E-state index in [9.17, 15) is 14.4 Å². The van der Waals surface area contributed by atoms with Gasteiger partial charge >= 0.3 is 5.97 Å². The fourth-order valence-electron chi connectivity index (χ4n) is 4.69. The van der Waals surface area contributed by atoms with Crippen LogP contribution in [0, 0.1) is 0 Å². The average Bonchev–Trinajstić information content (AvgIpc) is 2.92. The number of rotatable bonds is 8. The van der Waals surface area contributed by atoms with Crippen LogP contribution < -0.4 is 5.32 Å². The summed E-state index contributed by atoms with van der Waals surface area (Å²) in [4.78, 5) is 41.0.